The Labute approximate surface area is 168 Å². The van der Waals surface area contributed by atoms with Gasteiger partial charge in [0.25, 0.3) is 0 Å². The van der Waals surface area contributed by atoms with Crippen molar-refractivity contribution in [3.8, 4) is 5.75 Å². The summed E-state index contributed by atoms with van der Waals surface area (Å²) < 4.78 is 5.46. The highest BCUT2D eigenvalue weighted by Gasteiger charge is 2.39. The molecule has 6 heteroatoms. The molecule has 1 aromatic rings. The highest BCUT2D eigenvalue weighted by molar-refractivity contribution is 5.99. The molecule has 2 aliphatic rings. The summed E-state index contributed by atoms with van der Waals surface area (Å²) in [5.74, 6) is 0.881. The number of hydrogen-bond donors (Lipinski definition) is 0. The first-order valence-corrected chi connectivity index (χ1v) is 10.5. The standard InChI is InChI=1S/C22H33N3O3/c1-4-5-8-18-15-25(19-9-6-7-10-20(19)28-3)21(26)16-24(18)22(27)17-11-13-23(2)14-12-17/h6-7,9-10,17-18H,4-5,8,11-16H2,1-3H3/t18-/m1/s1. The van der Waals surface area contributed by atoms with Crippen LogP contribution in [-0.2, 0) is 9.59 Å². The number of benzene rings is 1. The SMILES string of the molecule is CCCC[C@@H]1CN(c2ccccc2OC)C(=O)CN1C(=O)C1CCN(C)CC1. The van der Waals surface area contributed by atoms with Gasteiger partial charge in [-0.25, -0.2) is 0 Å². The number of carbonyl (C=O) groups excluding carboxylic acids is 2. The van der Waals surface area contributed by atoms with Gasteiger partial charge in [0, 0.05) is 12.5 Å². The Balaban J connectivity index is 1.79. The normalized spacial score (nSPS) is 21.8. The summed E-state index contributed by atoms with van der Waals surface area (Å²) in [7, 11) is 3.72. The third-order valence-corrected chi connectivity index (χ3v) is 6.06. The fraction of sp³-hybridized carbons (Fsp3) is 0.636. The van der Waals surface area contributed by atoms with Crippen molar-refractivity contribution in [2.45, 2.75) is 45.1 Å². The second-order valence-corrected chi connectivity index (χ2v) is 8.02. The van der Waals surface area contributed by atoms with E-state index in [4.69, 9.17) is 4.74 Å². The van der Waals surface area contributed by atoms with Gasteiger partial charge in [0.2, 0.25) is 11.8 Å². The Hall–Kier alpha value is -2.08. The van der Waals surface area contributed by atoms with Crippen LogP contribution in [0.4, 0.5) is 5.69 Å². The average Bonchev–Trinajstić information content (AvgIpc) is 2.72. The smallest absolute Gasteiger partial charge is 0.246 e. The van der Waals surface area contributed by atoms with Crippen LogP contribution in [0.2, 0.25) is 0 Å². The van der Waals surface area contributed by atoms with Crippen LogP contribution in [0.15, 0.2) is 24.3 Å². The molecule has 0 spiro atoms. The van der Waals surface area contributed by atoms with Crippen LogP contribution in [-0.4, -0.2) is 68.0 Å². The molecule has 1 atom stereocenters. The van der Waals surface area contributed by atoms with E-state index in [0.717, 1.165) is 50.9 Å². The number of likely N-dealkylation sites (tertiary alicyclic amines) is 1. The zero-order chi connectivity index (χ0) is 20.1. The van der Waals surface area contributed by atoms with E-state index in [2.05, 4.69) is 18.9 Å². The van der Waals surface area contributed by atoms with E-state index in [0.29, 0.717) is 12.3 Å². The lowest BCUT2D eigenvalue weighted by Crippen LogP contribution is -2.59. The molecule has 0 aliphatic carbocycles. The van der Waals surface area contributed by atoms with E-state index < -0.39 is 0 Å². The molecule has 0 unspecified atom stereocenters. The van der Waals surface area contributed by atoms with E-state index in [-0.39, 0.29) is 30.3 Å². The van der Waals surface area contributed by atoms with Gasteiger partial charge in [-0.1, -0.05) is 31.9 Å². The van der Waals surface area contributed by atoms with Gasteiger partial charge in [0.05, 0.1) is 18.8 Å². The summed E-state index contributed by atoms with van der Waals surface area (Å²) in [6, 6.07) is 7.68. The zero-order valence-corrected chi connectivity index (χ0v) is 17.4. The molecule has 0 radical (unpaired) electrons. The maximum absolute atomic E-state index is 13.3. The average molecular weight is 388 g/mol. The van der Waals surface area contributed by atoms with Gasteiger partial charge in [-0.3, -0.25) is 9.59 Å². The minimum atomic E-state index is -0.0291. The molecule has 0 bridgehead atoms. The van der Waals surface area contributed by atoms with Crippen LogP contribution in [0.5, 0.6) is 5.75 Å². The molecule has 0 N–H and O–H groups in total. The van der Waals surface area contributed by atoms with E-state index >= 15 is 0 Å². The third-order valence-electron chi connectivity index (χ3n) is 6.06. The number of unbranched alkanes of at least 4 members (excludes halogenated alkanes) is 1. The van der Waals surface area contributed by atoms with Crippen molar-refractivity contribution in [1.29, 1.82) is 0 Å². The molecule has 1 aromatic carbocycles. The van der Waals surface area contributed by atoms with Crippen LogP contribution in [0.25, 0.3) is 0 Å². The minimum absolute atomic E-state index is 0.0291. The van der Waals surface area contributed by atoms with Gasteiger partial charge in [-0.2, -0.15) is 0 Å². The van der Waals surface area contributed by atoms with Crippen molar-refractivity contribution in [2.75, 3.05) is 45.2 Å². The summed E-state index contributed by atoms with van der Waals surface area (Å²) in [5, 5.41) is 0. The monoisotopic (exact) mass is 387 g/mol. The van der Waals surface area contributed by atoms with E-state index in [1.54, 1.807) is 12.0 Å². The molecule has 2 aliphatic heterocycles. The number of hydrogen-bond acceptors (Lipinski definition) is 4. The second kappa shape index (κ2) is 9.41. The molecule has 2 fully saturated rings. The zero-order valence-electron chi connectivity index (χ0n) is 17.4. The van der Waals surface area contributed by atoms with E-state index in [9.17, 15) is 9.59 Å². The number of ether oxygens (including phenoxy) is 1. The van der Waals surface area contributed by atoms with Crippen LogP contribution in [0.1, 0.15) is 39.0 Å². The molecule has 3 rings (SSSR count). The Bertz CT molecular complexity index is 685. The fourth-order valence-electron chi connectivity index (χ4n) is 4.29. The van der Waals surface area contributed by atoms with Crippen molar-refractivity contribution in [2.24, 2.45) is 5.92 Å². The molecule has 0 saturated carbocycles. The van der Waals surface area contributed by atoms with Gasteiger partial charge in [-0.15, -0.1) is 0 Å². The first kappa shape index (κ1) is 20.6. The molecule has 6 nitrogen and oxygen atoms in total. The van der Waals surface area contributed by atoms with Crippen LogP contribution >= 0.6 is 0 Å². The predicted molar refractivity (Wildman–Crippen MR) is 111 cm³/mol. The lowest BCUT2D eigenvalue weighted by molar-refractivity contribution is -0.144. The van der Waals surface area contributed by atoms with E-state index in [1.165, 1.54) is 0 Å². The molecule has 0 aromatic heterocycles. The van der Waals surface area contributed by atoms with Gasteiger partial charge < -0.3 is 19.4 Å². The van der Waals surface area contributed by atoms with Crippen LogP contribution in [0.3, 0.4) is 0 Å². The lowest BCUT2D eigenvalue weighted by atomic mass is 9.93. The lowest BCUT2D eigenvalue weighted by Gasteiger charge is -2.43. The minimum Gasteiger partial charge on any atom is -0.495 e. The second-order valence-electron chi connectivity index (χ2n) is 8.02. The first-order valence-electron chi connectivity index (χ1n) is 10.5. The fourth-order valence-corrected chi connectivity index (χ4v) is 4.29. The first-order chi connectivity index (χ1) is 13.5. The number of rotatable bonds is 6. The molecular weight excluding hydrogens is 354 g/mol. The Morgan fingerprint density at radius 3 is 2.61 bits per heavy atom. The highest BCUT2D eigenvalue weighted by Crippen LogP contribution is 2.32. The maximum atomic E-state index is 13.3. The van der Waals surface area contributed by atoms with Crippen LogP contribution in [0, 0.1) is 5.92 Å². The predicted octanol–water partition coefficient (Wildman–Crippen LogP) is 2.77. The Kier molecular flexibility index (Phi) is 6.94. The largest absolute Gasteiger partial charge is 0.495 e. The molecule has 154 valence electrons. The third kappa shape index (κ3) is 4.49. The van der Waals surface area contributed by atoms with E-state index in [1.807, 2.05) is 29.2 Å². The number of amides is 2. The van der Waals surface area contributed by atoms with Crippen LogP contribution < -0.4 is 9.64 Å². The number of nitrogens with zero attached hydrogens (tertiary/aromatic N) is 3. The topological polar surface area (TPSA) is 53.1 Å². The summed E-state index contributed by atoms with van der Waals surface area (Å²) in [4.78, 5) is 32.2. The Morgan fingerprint density at radius 1 is 1.21 bits per heavy atom. The van der Waals surface area contributed by atoms with Gasteiger partial charge in [0.1, 0.15) is 12.3 Å². The van der Waals surface area contributed by atoms with Gasteiger partial charge in [0.15, 0.2) is 0 Å². The molecule has 2 saturated heterocycles. The molecule has 28 heavy (non-hydrogen) atoms. The number of para-hydroxylation sites is 2. The van der Waals surface area contributed by atoms with Gasteiger partial charge in [-0.05, 0) is 51.5 Å². The molecular formula is C22H33N3O3. The number of piperidine rings is 1. The van der Waals surface area contributed by atoms with Crippen molar-refractivity contribution >= 4 is 17.5 Å². The van der Waals surface area contributed by atoms with Gasteiger partial charge >= 0.3 is 0 Å². The van der Waals surface area contributed by atoms with Crippen molar-refractivity contribution in [3.05, 3.63) is 24.3 Å². The quantitative estimate of drug-likeness (QED) is 0.753. The molecule has 2 heterocycles. The maximum Gasteiger partial charge on any atom is 0.246 e. The summed E-state index contributed by atoms with van der Waals surface area (Å²) in [6.45, 7) is 4.76. The van der Waals surface area contributed by atoms with Crippen molar-refractivity contribution in [1.82, 2.24) is 9.80 Å². The summed E-state index contributed by atoms with van der Waals surface area (Å²) in [6.07, 6.45) is 4.83. The number of piperazine rings is 1. The summed E-state index contributed by atoms with van der Waals surface area (Å²) >= 11 is 0. The number of methoxy groups -OCH3 is 1. The summed E-state index contributed by atoms with van der Waals surface area (Å²) in [5.41, 5.74) is 0.794. The Morgan fingerprint density at radius 2 is 1.93 bits per heavy atom. The number of anilines is 1. The molecule has 2 amide bonds. The highest BCUT2D eigenvalue weighted by atomic mass is 16.5. The van der Waals surface area contributed by atoms with Crippen molar-refractivity contribution in [3.63, 3.8) is 0 Å². The number of carbonyl (C=O) groups is 2. The van der Waals surface area contributed by atoms with Crippen molar-refractivity contribution < 1.29 is 14.3 Å².